The lowest BCUT2D eigenvalue weighted by molar-refractivity contribution is -0.115. The predicted octanol–water partition coefficient (Wildman–Crippen LogP) is 4.11. The van der Waals surface area contributed by atoms with E-state index in [1.54, 1.807) is 32.2 Å². The smallest absolute Gasteiger partial charge is 0.237 e. The number of carbonyl (C=O) groups is 1. The van der Waals surface area contributed by atoms with Crippen LogP contribution in [0.1, 0.15) is 6.92 Å². The topological polar surface area (TPSA) is 67.0 Å². The lowest BCUT2D eigenvalue weighted by atomic mass is 10.2. The normalized spacial score (nSPS) is 12.2. The maximum absolute atomic E-state index is 13.7. The molecule has 0 spiro atoms. The Morgan fingerprint density at radius 1 is 1.23 bits per heavy atom. The minimum absolute atomic E-state index is 0.421. The molecular weight excluding hydrogens is 367 g/mol. The molecule has 1 atom stereocenters. The summed E-state index contributed by atoms with van der Waals surface area (Å²) in [6.07, 6.45) is 0. The van der Waals surface area contributed by atoms with Gasteiger partial charge in [-0.2, -0.15) is 0 Å². The van der Waals surface area contributed by atoms with Gasteiger partial charge < -0.3 is 15.0 Å². The predicted molar refractivity (Wildman–Crippen MR) is 92.9 cm³/mol. The van der Waals surface area contributed by atoms with Gasteiger partial charge in [0, 0.05) is 6.07 Å². The fourth-order valence-corrected chi connectivity index (χ4v) is 3.05. The molecule has 0 unspecified atom stereocenters. The average molecular weight is 381 g/mol. The molecule has 5 nitrogen and oxygen atoms in total. The van der Waals surface area contributed by atoms with Gasteiger partial charge >= 0.3 is 0 Å². The number of hydrogen-bond donors (Lipinski definition) is 2. The van der Waals surface area contributed by atoms with E-state index < -0.39 is 34.3 Å². The number of benzene rings is 2. The first-order valence-corrected chi connectivity index (χ1v) is 8.41. The van der Waals surface area contributed by atoms with Crippen molar-refractivity contribution < 1.29 is 22.7 Å². The summed E-state index contributed by atoms with van der Waals surface area (Å²) in [5, 5.41) is 2.07. The van der Waals surface area contributed by atoms with Crippen molar-refractivity contribution in [3.63, 3.8) is 0 Å². The van der Waals surface area contributed by atoms with Gasteiger partial charge in [-0.3, -0.25) is 4.79 Å². The Bertz CT molecular complexity index is 977. The van der Waals surface area contributed by atoms with Crippen molar-refractivity contribution in [2.45, 2.75) is 17.3 Å². The highest BCUT2D eigenvalue weighted by molar-refractivity contribution is 8.00. The number of amides is 1. The highest BCUT2D eigenvalue weighted by Gasteiger charge is 2.20. The van der Waals surface area contributed by atoms with Crippen molar-refractivity contribution in [1.82, 2.24) is 9.97 Å². The van der Waals surface area contributed by atoms with Gasteiger partial charge in [0.25, 0.3) is 0 Å². The molecule has 9 heteroatoms. The summed E-state index contributed by atoms with van der Waals surface area (Å²) >= 11 is 1.11. The van der Waals surface area contributed by atoms with Crippen LogP contribution in [-0.2, 0) is 4.79 Å². The van der Waals surface area contributed by atoms with Crippen molar-refractivity contribution in [3.05, 3.63) is 47.8 Å². The molecular formula is C17H14F3N3O2S. The molecule has 2 N–H and O–H groups in total. The minimum atomic E-state index is -1.63. The Hall–Kier alpha value is -2.68. The van der Waals surface area contributed by atoms with Crippen LogP contribution in [0.4, 0.5) is 18.9 Å². The maximum atomic E-state index is 13.7. The summed E-state index contributed by atoms with van der Waals surface area (Å²) in [7, 11) is 1.55. The number of imidazole rings is 1. The van der Waals surface area contributed by atoms with E-state index in [1.165, 1.54) is 0 Å². The summed E-state index contributed by atoms with van der Waals surface area (Å²) in [5.41, 5.74) is 1.02. The first-order chi connectivity index (χ1) is 12.4. The maximum Gasteiger partial charge on any atom is 0.237 e. The molecule has 136 valence electrons. The van der Waals surface area contributed by atoms with Gasteiger partial charge in [0.2, 0.25) is 5.91 Å². The summed E-state index contributed by atoms with van der Waals surface area (Å²) in [6.45, 7) is 1.59. The minimum Gasteiger partial charge on any atom is -0.497 e. The first-order valence-electron chi connectivity index (χ1n) is 7.54. The van der Waals surface area contributed by atoms with Crippen molar-refractivity contribution in [2.24, 2.45) is 0 Å². The molecule has 0 bridgehead atoms. The Kier molecular flexibility index (Phi) is 5.08. The Morgan fingerprint density at radius 3 is 2.73 bits per heavy atom. The molecule has 0 aliphatic rings. The molecule has 1 amide bonds. The molecule has 0 aliphatic heterocycles. The summed E-state index contributed by atoms with van der Waals surface area (Å²) in [6, 6.07) is 7.03. The molecule has 0 saturated carbocycles. The molecule has 2 aromatic carbocycles. The third-order valence-electron chi connectivity index (χ3n) is 3.62. The number of rotatable bonds is 5. The Labute approximate surface area is 151 Å². The standard InChI is InChI=1S/C17H14F3N3O2S/c1-8(16(24)21-12-6-4-10(18)14(19)15(12)20)26-17-22-11-5-3-9(25-2)7-13(11)23-17/h3-8H,1-2H3,(H,21,24)(H,22,23)/t8-/m1/s1. The second-order valence-electron chi connectivity index (χ2n) is 5.40. The van der Waals surface area contributed by atoms with Gasteiger partial charge in [-0.25, -0.2) is 18.2 Å². The van der Waals surface area contributed by atoms with Crippen molar-refractivity contribution >= 4 is 34.4 Å². The highest BCUT2D eigenvalue weighted by atomic mass is 32.2. The number of thioether (sulfide) groups is 1. The zero-order valence-corrected chi connectivity index (χ0v) is 14.6. The van der Waals surface area contributed by atoms with Gasteiger partial charge in [0.15, 0.2) is 22.6 Å². The van der Waals surface area contributed by atoms with Crippen LogP contribution in [0, 0.1) is 17.5 Å². The van der Waals surface area contributed by atoms with Crippen LogP contribution in [0.5, 0.6) is 5.75 Å². The van der Waals surface area contributed by atoms with Gasteiger partial charge in [-0.15, -0.1) is 0 Å². The fourth-order valence-electron chi connectivity index (χ4n) is 2.23. The third-order valence-corrected chi connectivity index (χ3v) is 4.60. The number of hydrogen-bond acceptors (Lipinski definition) is 4. The number of nitrogens with one attached hydrogen (secondary N) is 2. The lowest BCUT2D eigenvalue weighted by Crippen LogP contribution is -2.23. The number of nitrogens with zero attached hydrogens (tertiary/aromatic N) is 1. The highest BCUT2D eigenvalue weighted by Crippen LogP contribution is 2.27. The lowest BCUT2D eigenvalue weighted by Gasteiger charge is -2.11. The molecule has 3 rings (SSSR count). The number of aromatic amines is 1. The van der Waals surface area contributed by atoms with Crippen LogP contribution >= 0.6 is 11.8 Å². The number of methoxy groups -OCH3 is 1. The Morgan fingerprint density at radius 2 is 2.00 bits per heavy atom. The number of ether oxygens (including phenoxy) is 1. The number of aromatic nitrogens is 2. The largest absolute Gasteiger partial charge is 0.497 e. The summed E-state index contributed by atoms with van der Waals surface area (Å²) < 4.78 is 45.0. The molecule has 0 fully saturated rings. The zero-order chi connectivity index (χ0) is 18.8. The van der Waals surface area contributed by atoms with Crippen LogP contribution in [0.25, 0.3) is 11.0 Å². The van der Waals surface area contributed by atoms with E-state index in [0.29, 0.717) is 16.4 Å². The van der Waals surface area contributed by atoms with Crippen LogP contribution in [-0.4, -0.2) is 28.2 Å². The number of carbonyl (C=O) groups excluding carboxylic acids is 1. The van der Waals surface area contributed by atoms with Crippen LogP contribution in [0.2, 0.25) is 0 Å². The van der Waals surface area contributed by atoms with Gasteiger partial charge in [0.1, 0.15) is 5.75 Å². The molecule has 26 heavy (non-hydrogen) atoms. The molecule has 1 heterocycles. The second kappa shape index (κ2) is 7.28. The molecule has 0 aliphatic carbocycles. The SMILES string of the molecule is COc1ccc2nc(S[C@H](C)C(=O)Nc3ccc(F)c(F)c3F)[nH]c2c1. The molecule has 3 aromatic rings. The summed E-state index contributed by atoms with van der Waals surface area (Å²) in [4.78, 5) is 19.6. The van der Waals surface area contributed by atoms with E-state index >= 15 is 0 Å². The van der Waals surface area contributed by atoms with E-state index in [9.17, 15) is 18.0 Å². The molecule has 0 radical (unpaired) electrons. The Balaban J connectivity index is 1.72. The van der Waals surface area contributed by atoms with Gasteiger partial charge in [-0.05, 0) is 31.2 Å². The number of fused-ring (bicyclic) bond motifs is 1. The van der Waals surface area contributed by atoms with E-state index in [0.717, 1.165) is 29.4 Å². The monoisotopic (exact) mass is 381 g/mol. The number of halogens is 3. The first kappa shape index (κ1) is 18.1. The van der Waals surface area contributed by atoms with E-state index in [1.807, 2.05) is 0 Å². The quantitative estimate of drug-likeness (QED) is 0.516. The average Bonchev–Trinajstić information content (AvgIpc) is 3.03. The second-order valence-corrected chi connectivity index (χ2v) is 6.73. The molecule has 1 aromatic heterocycles. The van der Waals surface area contributed by atoms with E-state index in [4.69, 9.17) is 4.74 Å². The van der Waals surface area contributed by atoms with Crippen LogP contribution < -0.4 is 10.1 Å². The van der Waals surface area contributed by atoms with Crippen molar-refractivity contribution in [2.75, 3.05) is 12.4 Å². The van der Waals surface area contributed by atoms with E-state index in [-0.39, 0.29) is 0 Å². The van der Waals surface area contributed by atoms with Crippen molar-refractivity contribution in [3.8, 4) is 5.75 Å². The number of anilines is 1. The van der Waals surface area contributed by atoms with Gasteiger partial charge in [-0.1, -0.05) is 11.8 Å². The van der Waals surface area contributed by atoms with Gasteiger partial charge in [0.05, 0.1) is 29.1 Å². The zero-order valence-electron chi connectivity index (χ0n) is 13.8. The van der Waals surface area contributed by atoms with Crippen LogP contribution in [0.3, 0.4) is 0 Å². The number of H-pyrrole nitrogens is 1. The van der Waals surface area contributed by atoms with Crippen LogP contribution in [0.15, 0.2) is 35.5 Å². The van der Waals surface area contributed by atoms with E-state index in [2.05, 4.69) is 15.3 Å². The summed E-state index contributed by atoms with van der Waals surface area (Å²) in [5.74, 6) is -4.29. The molecule has 0 saturated heterocycles. The van der Waals surface area contributed by atoms with Crippen molar-refractivity contribution in [1.29, 1.82) is 0 Å². The third kappa shape index (κ3) is 3.62. The fraction of sp³-hybridized carbons (Fsp3) is 0.176.